The average Bonchev–Trinajstić information content (AvgIpc) is 3.47. The summed E-state index contributed by atoms with van der Waals surface area (Å²) in [5.74, 6) is 1.01. The Bertz CT molecular complexity index is 1150. The Balaban J connectivity index is 1.48. The molecule has 0 saturated carbocycles. The van der Waals surface area contributed by atoms with Gasteiger partial charge in [-0.1, -0.05) is 18.7 Å². The van der Waals surface area contributed by atoms with E-state index < -0.39 is 0 Å². The summed E-state index contributed by atoms with van der Waals surface area (Å²) in [5.41, 5.74) is 2.59. The molecule has 32 heavy (non-hydrogen) atoms. The number of thiophene rings is 2. The number of carbonyl (C=O) groups excluding carboxylic acids is 2. The van der Waals surface area contributed by atoms with Crippen LogP contribution in [-0.4, -0.2) is 39.5 Å². The molecule has 1 aliphatic rings. The molecule has 1 aliphatic carbocycles. The van der Waals surface area contributed by atoms with Gasteiger partial charge in [-0.25, -0.2) is 4.79 Å². The van der Waals surface area contributed by atoms with Crippen LogP contribution in [0, 0.1) is 12.8 Å². The summed E-state index contributed by atoms with van der Waals surface area (Å²) >= 11 is 4.52. The van der Waals surface area contributed by atoms with Crippen LogP contribution in [-0.2, 0) is 28.9 Å². The van der Waals surface area contributed by atoms with Gasteiger partial charge in [0, 0.05) is 27.2 Å². The van der Waals surface area contributed by atoms with E-state index in [1.165, 1.54) is 40.0 Å². The Morgan fingerprint density at radius 2 is 2.19 bits per heavy atom. The van der Waals surface area contributed by atoms with Gasteiger partial charge in [-0.05, 0) is 50.7 Å². The number of methoxy groups -OCH3 is 1. The lowest BCUT2D eigenvalue weighted by Crippen LogP contribution is -2.17. The summed E-state index contributed by atoms with van der Waals surface area (Å²) in [5, 5.41) is 15.0. The molecule has 0 bridgehead atoms. The Kier molecular flexibility index (Phi) is 7.02. The van der Waals surface area contributed by atoms with Gasteiger partial charge in [-0.15, -0.1) is 32.9 Å². The van der Waals surface area contributed by atoms with Crippen molar-refractivity contribution in [3.8, 4) is 11.4 Å². The molecule has 1 atom stereocenters. The maximum atomic E-state index is 12.8. The van der Waals surface area contributed by atoms with E-state index in [2.05, 4.69) is 40.8 Å². The van der Waals surface area contributed by atoms with Gasteiger partial charge >= 0.3 is 5.97 Å². The van der Waals surface area contributed by atoms with E-state index >= 15 is 0 Å². The Morgan fingerprint density at radius 3 is 2.88 bits per heavy atom. The van der Waals surface area contributed by atoms with Crippen LogP contribution in [0.1, 0.15) is 45.9 Å². The molecule has 170 valence electrons. The largest absolute Gasteiger partial charge is 0.465 e. The lowest BCUT2D eigenvalue weighted by atomic mass is 9.88. The number of aromatic nitrogens is 3. The molecule has 1 amide bonds. The van der Waals surface area contributed by atoms with Crippen LogP contribution in [0.4, 0.5) is 5.00 Å². The lowest BCUT2D eigenvalue weighted by Gasteiger charge is -2.18. The van der Waals surface area contributed by atoms with E-state index in [4.69, 9.17) is 4.74 Å². The van der Waals surface area contributed by atoms with E-state index in [1.807, 2.05) is 11.5 Å². The molecule has 3 aromatic heterocycles. The van der Waals surface area contributed by atoms with E-state index in [1.54, 1.807) is 11.3 Å². The summed E-state index contributed by atoms with van der Waals surface area (Å²) in [6.45, 7) is 7.02. The third-order valence-electron chi connectivity index (χ3n) is 5.51. The number of hydrogen-bond donors (Lipinski definition) is 1. The predicted octanol–water partition coefficient (Wildman–Crippen LogP) is 5.04. The molecule has 7 nitrogen and oxygen atoms in total. The van der Waals surface area contributed by atoms with Crippen LogP contribution in [0.25, 0.3) is 11.4 Å². The van der Waals surface area contributed by atoms with Gasteiger partial charge in [0.05, 0.1) is 18.4 Å². The number of anilines is 1. The number of hydrogen-bond acceptors (Lipinski definition) is 8. The summed E-state index contributed by atoms with van der Waals surface area (Å²) < 4.78 is 7.02. The lowest BCUT2D eigenvalue weighted by molar-refractivity contribution is -0.113. The van der Waals surface area contributed by atoms with E-state index in [0.29, 0.717) is 28.2 Å². The highest BCUT2D eigenvalue weighted by Crippen LogP contribution is 2.40. The SMILES string of the molecule is CCn1c(SCC(=O)Nc2sc3c(c2C(=O)OC)CCC(C)C3)nnc1-c1csc(C)c1. The number of carbonyl (C=O) groups is 2. The molecule has 0 saturated heterocycles. The first-order valence-corrected chi connectivity index (χ1v) is 13.2. The molecule has 0 spiro atoms. The van der Waals surface area contributed by atoms with Crippen molar-refractivity contribution in [1.82, 2.24) is 14.8 Å². The van der Waals surface area contributed by atoms with E-state index in [9.17, 15) is 9.59 Å². The summed E-state index contributed by atoms with van der Waals surface area (Å²) in [7, 11) is 1.38. The summed E-state index contributed by atoms with van der Waals surface area (Å²) in [6.07, 6.45) is 2.81. The van der Waals surface area contributed by atoms with Gasteiger partial charge in [-0.3, -0.25) is 4.79 Å². The zero-order valence-electron chi connectivity index (χ0n) is 18.6. The van der Waals surface area contributed by atoms with Crippen LogP contribution in [0.2, 0.25) is 0 Å². The maximum Gasteiger partial charge on any atom is 0.341 e. The summed E-state index contributed by atoms with van der Waals surface area (Å²) in [6, 6.07) is 2.09. The van der Waals surface area contributed by atoms with Crippen molar-refractivity contribution in [1.29, 1.82) is 0 Å². The van der Waals surface area contributed by atoms with Gasteiger partial charge in [0.2, 0.25) is 5.91 Å². The smallest absolute Gasteiger partial charge is 0.341 e. The number of esters is 1. The second-order valence-corrected chi connectivity index (χ2v) is 11.0. The minimum Gasteiger partial charge on any atom is -0.465 e. The third-order valence-corrected chi connectivity index (χ3v) is 8.51. The first kappa shape index (κ1) is 23.0. The molecule has 0 fully saturated rings. The van der Waals surface area contributed by atoms with Crippen LogP contribution in [0.15, 0.2) is 16.6 Å². The summed E-state index contributed by atoms with van der Waals surface area (Å²) in [4.78, 5) is 27.6. The van der Waals surface area contributed by atoms with Crippen molar-refractivity contribution in [2.75, 3.05) is 18.2 Å². The van der Waals surface area contributed by atoms with Crippen LogP contribution < -0.4 is 5.32 Å². The second kappa shape index (κ2) is 9.76. The highest BCUT2D eigenvalue weighted by molar-refractivity contribution is 7.99. The Hall–Kier alpha value is -2.17. The molecule has 4 rings (SSSR count). The number of fused-ring (bicyclic) bond motifs is 1. The van der Waals surface area contributed by atoms with Crippen molar-refractivity contribution in [3.63, 3.8) is 0 Å². The molecule has 3 aromatic rings. The molecule has 10 heteroatoms. The average molecular weight is 491 g/mol. The highest BCUT2D eigenvalue weighted by Gasteiger charge is 2.29. The topological polar surface area (TPSA) is 86.1 Å². The maximum absolute atomic E-state index is 12.8. The van der Waals surface area contributed by atoms with E-state index in [-0.39, 0.29) is 17.6 Å². The number of rotatable bonds is 7. The molecule has 1 N–H and O–H groups in total. The second-order valence-electron chi connectivity index (χ2n) is 7.88. The molecule has 1 unspecified atom stereocenters. The quantitative estimate of drug-likeness (QED) is 0.369. The van der Waals surface area contributed by atoms with Crippen molar-refractivity contribution in [2.45, 2.75) is 51.7 Å². The molecular weight excluding hydrogens is 464 g/mol. The molecule has 0 aliphatic heterocycles. The first-order chi connectivity index (χ1) is 15.4. The number of amides is 1. The monoisotopic (exact) mass is 490 g/mol. The van der Waals surface area contributed by atoms with Crippen LogP contribution in [0.3, 0.4) is 0 Å². The van der Waals surface area contributed by atoms with Crippen LogP contribution >= 0.6 is 34.4 Å². The zero-order chi connectivity index (χ0) is 22.8. The number of thioether (sulfide) groups is 1. The van der Waals surface area contributed by atoms with Crippen molar-refractivity contribution >= 4 is 51.3 Å². The fourth-order valence-corrected chi connectivity index (χ4v) is 6.80. The number of ether oxygens (including phenoxy) is 1. The Labute approximate surface area is 199 Å². The molecule has 3 heterocycles. The fraction of sp³-hybridized carbons (Fsp3) is 0.455. The van der Waals surface area contributed by atoms with Crippen molar-refractivity contribution in [2.24, 2.45) is 5.92 Å². The van der Waals surface area contributed by atoms with Crippen molar-refractivity contribution < 1.29 is 14.3 Å². The van der Waals surface area contributed by atoms with Crippen LogP contribution in [0.5, 0.6) is 0 Å². The van der Waals surface area contributed by atoms with Gasteiger partial charge in [0.25, 0.3) is 0 Å². The number of aryl methyl sites for hydroxylation is 1. The normalized spacial score (nSPS) is 15.4. The highest BCUT2D eigenvalue weighted by atomic mass is 32.2. The van der Waals surface area contributed by atoms with Gasteiger partial charge in [-0.2, -0.15) is 0 Å². The molecular formula is C22H26N4O3S3. The first-order valence-electron chi connectivity index (χ1n) is 10.5. The third kappa shape index (κ3) is 4.62. The Morgan fingerprint density at radius 1 is 1.38 bits per heavy atom. The van der Waals surface area contributed by atoms with E-state index in [0.717, 1.165) is 36.2 Å². The van der Waals surface area contributed by atoms with Crippen molar-refractivity contribution in [3.05, 3.63) is 32.3 Å². The standard InChI is InChI=1S/C22H26N4O3S3/c1-5-26-19(14-9-13(3)30-10-14)24-25-22(26)31-11-17(27)23-20-18(21(28)29-4)15-7-6-12(2)8-16(15)32-20/h9-10,12H,5-8,11H2,1-4H3,(H,23,27). The number of nitrogens with one attached hydrogen (secondary N) is 1. The number of nitrogens with zero attached hydrogens (tertiary/aromatic N) is 3. The molecule has 0 aromatic carbocycles. The van der Waals surface area contributed by atoms with Gasteiger partial charge in [0.15, 0.2) is 11.0 Å². The fourth-order valence-electron chi connectivity index (χ4n) is 3.90. The van der Waals surface area contributed by atoms with Gasteiger partial charge in [0.1, 0.15) is 5.00 Å². The minimum absolute atomic E-state index is 0.176. The van der Waals surface area contributed by atoms with Gasteiger partial charge < -0.3 is 14.6 Å². The minimum atomic E-state index is -0.388. The molecule has 0 radical (unpaired) electrons. The zero-order valence-corrected chi connectivity index (χ0v) is 21.0. The predicted molar refractivity (Wildman–Crippen MR) is 130 cm³/mol.